The molecular formula is C34H34N4O2. The van der Waals surface area contributed by atoms with Gasteiger partial charge in [-0.1, -0.05) is 66.8 Å². The topological polar surface area (TPSA) is 70.5 Å². The van der Waals surface area contributed by atoms with Crippen LogP contribution in [0.5, 0.6) is 5.75 Å². The van der Waals surface area contributed by atoms with Gasteiger partial charge in [0.25, 0.3) is 0 Å². The summed E-state index contributed by atoms with van der Waals surface area (Å²) in [5.74, 6) is 1.53. The molecule has 2 N–H and O–H groups in total. The van der Waals surface area contributed by atoms with Crippen molar-refractivity contribution in [1.29, 1.82) is 0 Å². The Labute approximate surface area is 235 Å². The van der Waals surface area contributed by atoms with Gasteiger partial charge in [0, 0.05) is 30.4 Å². The molecule has 2 saturated heterocycles. The van der Waals surface area contributed by atoms with Crippen molar-refractivity contribution in [2.45, 2.75) is 62.6 Å². The number of ether oxygens (including phenoxy) is 1. The van der Waals surface area contributed by atoms with Crippen LogP contribution in [-0.4, -0.2) is 43.9 Å². The van der Waals surface area contributed by atoms with Gasteiger partial charge in [0.1, 0.15) is 17.9 Å². The Kier molecular flexibility index (Phi) is 6.58. The Morgan fingerprint density at radius 1 is 0.900 bits per heavy atom. The van der Waals surface area contributed by atoms with Crippen molar-refractivity contribution in [2.24, 2.45) is 0 Å². The van der Waals surface area contributed by atoms with E-state index in [0.717, 1.165) is 53.0 Å². The lowest BCUT2D eigenvalue weighted by molar-refractivity contribution is 0.0310. The maximum atomic E-state index is 10.2. The molecule has 6 heteroatoms. The molecule has 3 heterocycles. The lowest BCUT2D eigenvalue weighted by Gasteiger charge is -2.37. The third kappa shape index (κ3) is 5.01. The van der Waals surface area contributed by atoms with Gasteiger partial charge in [-0.25, -0.2) is 9.97 Å². The van der Waals surface area contributed by atoms with E-state index in [1.54, 1.807) is 6.33 Å². The third-order valence-corrected chi connectivity index (χ3v) is 8.55. The number of hydrogen-bond acceptors (Lipinski definition) is 6. The van der Waals surface area contributed by atoms with Gasteiger partial charge in [-0.2, -0.15) is 0 Å². The van der Waals surface area contributed by atoms with Crippen LogP contribution in [0.2, 0.25) is 0 Å². The molecular weight excluding hydrogens is 496 g/mol. The molecule has 3 unspecified atom stereocenters. The average Bonchev–Trinajstić information content (AvgIpc) is 3.21. The number of aromatic nitrogens is 2. The van der Waals surface area contributed by atoms with Crippen molar-refractivity contribution in [3.8, 4) is 16.9 Å². The molecule has 0 saturated carbocycles. The van der Waals surface area contributed by atoms with E-state index in [9.17, 15) is 5.11 Å². The Bertz CT molecular complexity index is 1540. The molecule has 202 valence electrons. The fraction of sp³-hybridized carbons (Fsp3) is 0.294. The molecule has 2 bridgehead atoms. The lowest BCUT2D eigenvalue weighted by atomic mass is 9.98. The SMILES string of the molecule is OC1CC2CCC(C1)N2Cc1ccc(-c2ccc3ncnc(NC4(Oc5ccccc5)C=CC=CC4)c3c2)cc1. The summed E-state index contributed by atoms with van der Waals surface area (Å²) in [5.41, 5.74) is 3.73. The summed E-state index contributed by atoms with van der Waals surface area (Å²) in [6.45, 7) is 0.952. The van der Waals surface area contributed by atoms with Crippen LogP contribution in [0, 0.1) is 0 Å². The third-order valence-electron chi connectivity index (χ3n) is 8.55. The number of aliphatic hydroxyl groups is 1. The van der Waals surface area contributed by atoms with Crippen molar-refractivity contribution in [2.75, 3.05) is 5.32 Å². The zero-order valence-corrected chi connectivity index (χ0v) is 22.5. The second kappa shape index (κ2) is 10.5. The molecule has 0 amide bonds. The first-order chi connectivity index (χ1) is 19.6. The minimum atomic E-state index is -0.751. The number of fused-ring (bicyclic) bond motifs is 3. The molecule has 4 aromatic rings. The number of allylic oxidation sites excluding steroid dienone is 2. The minimum Gasteiger partial charge on any atom is -0.464 e. The lowest BCUT2D eigenvalue weighted by Crippen LogP contribution is -2.44. The number of anilines is 1. The molecule has 6 nitrogen and oxygen atoms in total. The van der Waals surface area contributed by atoms with E-state index in [1.165, 1.54) is 18.4 Å². The van der Waals surface area contributed by atoms with Gasteiger partial charge in [-0.05, 0) is 72.7 Å². The zero-order valence-electron chi connectivity index (χ0n) is 22.5. The molecule has 1 aliphatic carbocycles. The van der Waals surface area contributed by atoms with E-state index in [0.29, 0.717) is 18.5 Å². The summed E-state index contributed by atoms with van der Waals surface area (Å²) in [6.07, 6.45) is 14.6. The van der Waals surface area contributed by atoms with E-state index in [-0.39, 0.29) is 6.10 Å². The molecule has 2 fully saturated rings. The number of hydrogen-bond donors (Lipinski definition) is 2. The van der Waals surface area contributed by atoms with Crippen LogP contribution < -0.4 is 10.1 Å². The highest BCUT2D eigenvalue weighted by Crippen LogP contribution is 2.37. The minimum absolute atomic E-state index is 0.127. The Morgan fingerprint density at radius 3 is 2.42 bits per heavy atom. The number of nitrogens with zero attached hydrogens (tertiary/aromatic N) is 3. The second-order valence-corrected chi connectivity index (χ2v) is 11.3. The molecule has 3 aromatic carbocycles. The van der Waals surface area contributed by atoms with Crippen LogP contribution in [-0.2, 0) is 6.54 Å². The van der Waals surface area contributed by atoms with Gasteiger partial charge in [-0.15, -0.1) is 0 Å². The van der Waals surface area contributed by atoms with E-state index in [2.05, 4.69) is 68.7 Å². The molecule has 7 rings (SSSR count). The van der Waals surface area contributed by atoms with Gasteiger partial charge in [0.2, 0.25) is 5.72 Å². The van der Waals surface area contributed by atoms with Gasteiger partial charge in [0.15, 0.2) is 0 Å². The van der Waals surface area contributed by atoms with Crippen molar-refractivity contribution >= 4 is 16.7 Å². The predicted molar refractivity (Wildman–Crippen MR) is 159 cm³/mol. The van der Waals surface area contributed by atoms with Gasteiger partial charge >= 0.3 is 0 Å². The number of benzene rings is 3. The number of para-hydroxylation sites is 1. The summed E-state index contributed by atoms with van der Waals surface area (Å²) >= 11 is 0. The summed E-state index contributed by atoms with van der Waals surface area (Å²) in [5, 5.41) is 14.7. The second-order valence-electron chi connectivity index (χ2n) is 11.3. The molecule has 2 aliphatic heterocycles. The van der Waals surface area contributed by atoms with Crippen molar-refractivity contribution in [3.63, 3.8) is 0 Å². The highest BCUT2D eigenvalue weighted by molar-refractivity contribution is 5.92. The van der Waals surface area contributed by atoms with E-state index in [4.69, 9.17) is 4.74 Å². The number of nitrogens with one attached hydrogen (secondary N) is 1. The Hall–Kier alpha value is -4.00. The Morgan fingerprint density at radius 2 is 1.68 bits per heavy atom. The van der Waals surface area contributed by atoms with Gasteiger partial charge < -0.3 is 15.2 Å². The van der Waals surface area contributed by atoms with Gasteiger partial charge in [-0.3, -0.25) is 4.90 Å². The van der Waals surface area contributed by atoms with Crippen molar-refractivity contribution in [3.05, 3.63) is 109 Å². The first-order valence-corrected chi connectivity index (χ1v) is 14.3. The smallest absolute Gasteiger partial charge is 0.204 e. The van der Waals surface area contributed by atoms with Crippen molar-refractivity contribution in [1.82, 2.24) is 14.9 Å². The molecule has 0 radical (unpaired) electrons. The summed E-state index contributed by atoms with van der Waals surface area (Å²) in [6, 6.07) is 26.2. The number of rotatable bonds is 7. The van der Waals surface area contributed by atoms with E-state index < -0.39 is 5.72 Å². The first-order valence-electron chi connectivity index (χ1n) is 14.3. The molecule has 3 aliphatic rings. The first kappa shape index (κ1) is 25.0. The quantitative estimate of drug-likeness (QED) is 0.266. The van der Waals surface area contributed by atoms with Crippen LogP contribution in [0.25, 0.3) is 22.0 Å². The van der Waals surface area contributed by atoms with Crippen LogP contribution in [0.3, 0.4) is 0 Å². The Balaban J connectivity index is 1.14. The normalized spacial score (nSPS) is 25.8. The van der Waals surface area contributed by atoms with Crippen LogP contribution in [0.15, 0.2) is 103 Å². The standard InChI is InChI=1S/C34H34N4O2/c39-29-20-27-14-15-28(21-29)38(27)22-24-9-11-25(12-10-24)26-13-16-32-31(19-26)33(36-23-35-32)37-34(17-5-2-6-18-34)40-30-7-3-1-4-8-30/h1-13,16-17,19,23,27-29,39H,14-15,18,20-22H2,(H,35,36,37). The molecule has 3 atom stereocenters. The number of piperidine rings is 1. The monoisotopic (exact) mass is 530 g/mol. The molecule has 0 spiro atoms. The summed E-state index contributed by atoms with van der Waals surface area (Å²) in [7, 11) is 0. The van der Waals surface area contributed by atoms with Crippen LogP contribution in [0.4, 0.5) is 5.82 Å². The van der Waals surface area contributed by atoms with Gasteiger partial charge in [0.05, 0.1) is 11.6 Å². The average molecular weight is 531 g/mol. The number of aliphatic hydroxyl groups excluding tert-OH is 1. The largest absolute Gasteiger partial charge is 0.464 e. The maximum absolute atomic E-state index is 10.2. The summed E-state index contributed by atoms with van der Waals surface area (Å²) < 4.78 is 6.48. The predicted octanol–water partition coefficient (Wildman–Crippen LogP) is 6.49. The van der Waals surface area contributed by atoms with Crippen LogP contribution >= 0.6 is 0 Å². The summed E-state index contributed by atoms with van der Waals surface area (Å²) in [4.78, 5) is 11.8. The highest BCUT2D eigenvalue weighted by Gasteiger charge is 2.39. The van der Waals surface area contributed by atoms with E-state index in [1.807, 2.05) is 48.6 Å². The fourth-order valence-corrected chi connectivity index (χ4v) is 6.55. The highest BCUT2D eigenvalue weighted by atomic mass is 16.5. The van der Waals surface area contributed by atoms with Crippen molar-refractivity contribution < 1.29 is 9.84 Å². The molecule has 1 aromatic heterocycles. The maximum Gasteiger partial charge on any atom is 0.204 e. The van der Waals surface area contributed by atoms with E-state index >= 15 is 0 Å². The zero-order chi connectivity index (χ0) is 26.9. The molecule has 40 heavy (non-hydrogen) atoms. The van der Waals surface area contributed by atoms with Crippen LogP contribution in [0.1, 0.15) is 37.7 Å². The fourth-order valence-electron chi connectivity index (χ4n) is 6.55.